The van der Waals surface area contributed by atoms with Crippen LogP contribution in [0.3, 0.4) is 0 Å². The van der Waals surface area contributed by atoms with E-state index in [4.69, 9.17) is 15.6 Å². The first-order valence-corrected chi connectivity index (χ1v) is 9.66. The number of morpholine rings is 1. The highest BCUT2D eigenvalue weighted by Crippen LogP contribution is 2.24. The quantitative estimate of drug-likeness (QED) is 0.628. The fourth-order valence-electron chi connectivity index (χ4n) is 3.23. The van der Waals surface area contributed by atoms with Crippen molar-refractivity contribution in [1.82, 2.24) is 0 Å². The number of carbonyl (C=O) groups is 2. The first-order valence-electron chi connectivity index (χ1n) is 9.66. The second-order valence-corrected chi connectivity index (χ2v) is 6.88. The number of aliphatic hydroxyl groups excluding tert-OH is 1. The number of hydrogen-bond acceptors (Lipinski definition) is 5. The topological polar surface area (TPSA) is 105 Å². The van der Waals surface area contributed by atoms with Crippen LogP contribution in [-0.4, -0.2) is 49.8 Å². The number of ether oxygens (including phenoxy) is 1. The standard InChI is InChI=1S/C22H26N3O4/c23-22(28)19-15-18(25-10-13-29-14-11-25)6-7-20(19)24-21(27)8-5-16-1-3-17(4-2-16)9-12-26/h1-4,6-8,15,26H,5,9-14H2,(H2,23,28)(H,24,27). The number of rotatable bonds is 8. The summed E-state index contributed by atoms with van der Waals surface area (Å²) in [7, 11) is 0. The first-order chi connectivity index (χ1) is 14.1. The van der Waals surface area contributed by atoms with Crippen LogP contribution in [0.2, 0.25) is 0 Å². The van der Waals surface area contributed by atoms with Gasteiger partial charge in [0.25, 0.3) is 5.91 Å². The summed E-state index contributed by atoms with van der Waals surface area (Å²) in [5.41, 5.74) is 9.13. The number of nitrogens with two attached hydrogens (primary N) is 1. The Labute approximate surface area is 170 Å². The Kier molecular flexibility index (Phi) is 7.21. The molecule has 7 nitrogen and oxygen atoms in total. The van der Waals surface area contributed by atoms with E-state index in [-0.39, 0.29) is 18.1 Å². The smallest absolute Gasteiger partial charge is 0.250 e. The molecule has 1 saturated heterocycles. The highest BCUT2D eigenvalue weighted by atomic mass is 16.5. The molecule has 1 radical (unpaired) electrons. The summed E-state index contributed by atoms with van der Waals surface area (Å²) in [6, 6.07) is 13.0. The number of amides is 2. The number of aliphatic hydroxyl groups is 1. The maximum atomic E-state index is 12.3. The molecule has 4 N–H and O–H groups in total. The van der Waals surface area contributed by atoms with Crippen molar-refractivity contribution in [2.24, 2.45) is 5.73 Å². The Morgan fingerprint density at radius 1 is 1.10 bits per heavy atom. The van der Waals surface area contributed by atoms with Crippen LogP contribution in [0, 0.1) is 6.42 Å². The van der Waals surface area contributed by atoms with Gasteiger partial charge in [-0.3, -0.25) is 9.59 Å². The molecular weight excluding hydrogens is 370 g/mol. The number of nitrogens with one attached hydrogen (secondary N) is 1. The Morgan fingerprint density at radius 3 is 2.45 bits per heavy atom. The van der Waals surface area contributed by atoms with Gasteiger partial charge in [0, 0.05) is 25.4 Å². The lowest BCUT2D eigenvalue weighted by atomic mass is 10.1. The molecule has 29 heavy (non-hydrogen) atoms. The minimum absolute atomic E-state index is 0.112. The Hall–Kier alpha value is -2.90. The lowest BCUT2D eigenvalue weighted by Crippen LogP contribution is -2.36. The third-order valence-electron chi connectivity index (χ3n) is 4.85. The molecular formula is C22H26N3O4. The van der Waals surface area contributed by atoms with Crippen molar-refractivity contribution in [3.8, 4) is 0 Å². The summed E-state index contributed by atoms with van der Waals surface area (Å²) in [5.74, 6) is -0.888. The van der Waals surface area contributed by atoms with Crippen molar-refractivity contribution in [2.45, 2.75) is 12.8 Å². The third kappa shape index (κ3) is 5.79. The number of anilines is 2. The Morgan fingerprint density at radius 2 is 1.79 bits per heavy atom. The van der Waals surface area contributed by atoms with Gasteiger partial charge in [-0.05, 0) is 42.2 Å². The lowest BCUT2D eigenvalue weighted by Gasteiger charge is -2.29. The van der Waals surface area contributed by atoms with Gasteiger partial charge in [-0.25, -0.2) is 0 Å². The fraction of sp³-hybridized carbons (Fsp3) is 0.318. The van der Waals surface area contributed by atoms with Crippen molar-refractivity contribution >= 4 is 23.2 Å². The first kappa shape index (κ1) is 20.8. The molecule has 0 saturated carbocycles. The van der Waals surface area contributed by atoms with Crippen molar-refractivity contribution in [3.05, 3.63) is 65.6 Å². The van der Waals surface area contributed by atoms with E-state index >= 15 is 0 Å². The van der Waals surface area contributed by atoms with E-state index in [9.17, 15) is 9.59 Å². The van der Waals surface area contributed by atoms with Crippen molar-refractivity contribution in [2.75, 3.05) is 43.1 Å². The number of primary amides is 1. The molecule has 2 aromatic rings. The molecule has 0 aromatic heterocycles. The minimum Gasteiger partial charge on any atom is -0.396 e. The second-order valence-electron chi connectivity index (χ2n) is 6.88. The van der Waals surface area contributed by atoms with Gasteiger partial charge in [-0.1, -0.05) is 24.3 Å². The normalized spacial score (nSPS) is 13.9. The summed E-state index contributed by atoms with van der Waals surface area (Å²) in [5, 5.41) is 11.7. The summed E-state index contributed by atoms with van der Waals surface area (Å²) in [4.78, 5) is 26.4. The molecule has 0 spiro atoms. The van der Waals surface area contributed by atoms with Crippen LogP contribution < -0.4 is 16.0 Å². The maximum absolute atomic E-state index is 12.3. The van der Waals surface area contributed by atoms with Crippen LogP contribution in [0.4, 0.5) is 11.4 Å². The van der Waals surface area contributed by atoms with Crippen LogP contribution in [0.5, 0.6) is 0 Å². The summed E-state index contributed by atoms with van der Waals surface area (Å²) < 4.78 is 5.35. The molecule has 0 bridgehead atoms. The Balaban J connectivity index is 1.62. The zero-order chi connectivity index (χ0) is 20.6. The molecule has 1 heterocycles. The number of benzene rings is 2. The van der Waals surface area contributed by atoms with Crippen LogP contribution in [-0.2, 0) is 22.4 Å². The van der Waals surface area contributed by atoms with Crippen LogP contribution >= 0.6 is 0 Å². The van der Waals surface area contributed by atoms with Crippen LogP contribution in [0.15, 0.2) is 42.5 Å². The van der Waals surface area contributed by atoms with Crippen LogP contribution in [0.1, 0.15) is 21.5 Å². The van der Waals surface area contributed by atoms with E-state index in [0.717, 1.165) is 29.9 Å². The summed E-state index contributed by atoms with van der Waals surface area (Å²) in [6.07, 6.45) is 2.60. The number of nitrogens with zero attached hydrogens (tertiary/aromatic N) is 1. The SMILES string of the molecule is NC(=O)c1cc(N2CCOCC2)ccc1NC(=O)[CH]Cc1ccc(CCO)cc1. The molecule has 0 unspecified atom stereocenters. The molecule has 0 atom stereocenters. The average molecular weight is 396 g/mol. The summed E-state index contributed by atoms with van der Waals surface area (Å²) in [6.45, 7) is 2.88. The van der Waals surface area contributed by atoms with E-state index in [1.165, 1.54) is 6.42 Å². The van der Waals surface area contributed by atoms with Gasteiger partial charge in [0.05, 0.1) is 30.9 Å². The molecule has 2 aromatic carbocycles. The fourth-order valence-corrected chi connectivity index (χ4v) is 3.23. The molecule has 1 aliphatic rings. The average Bonchev–Trinajstić information content (AvgIpc) is 2.74. The molecule has 1 aliphatic heterocycles. The molecule has 7 heteroatoms. The van der Waals surface area contributed by atoms with Crippen molar-refractivity contribution in [3.63, 3.8) is 0 Å². The highest BCUT2D eigenvalue weighted by Gasteiger charge is 2.16. The zero-order valence-electron chi connectivity index (χ0n) is 16.3. The predicted molar refractivity (Wildman–Crippen MR) is 112 cm³/mol. The second kappa shape index (κ2) is 10.0. The molecule has 1 fully saturated rings. The van der Waals surface area contributed by atoms with Gasteiger partial charge in [-0.2, -0.15) is 0 Å². The highest BCUT2D eigenvalue weighted by molar-refractivity contribution is 6.05. The van der Waals surface area contributed by atoms with E-state index in [1.807, 2.05) is 30.3 Å². The summed E-state index contributed by atoms with van der Waals surface area (Å²) >= 11 is 0. The molecule has 3 rings (SSSR count). The lowest BCUT2D eigenvalue weighted by molar-refractivity contribution is -0.113. The minimum atomic E-state index is -0.588. The van der Waals surface area contributed by atoms with E-state index < -0.39 is 5.91 Å². The van der Waals surface area contributed by atoms with Gasteiger partial charge in [-0.15, -0.1) is 0 Å². The molecule has 153 valence electrons. The van der Waals surface area contributed by atoms with Gasteiger partial charge < -0.3 is 25.8 Å². The van der Waals surface area contributed by atoms with Gasteiger partial charge >= 0.3 is 0 Å². The van der Waals surface area contributed by atoms with Crippen molar-refractivity contribution in [1.29, 1.82) is 0 Å². The van der Waals surface area contributed by atoms with Crippen LogP contribution in [0.25, 0.3) is 0 Å². The van der Waals surface area contributed by atoms with Gasteiger partial charge in [0.15, 0.2) is 0 Å². The van der Waals surface area contributed by atoms with E-state index in [2.05, 4.69) is 10.2 Å². The number of hydrogen-bond donors (Lipinski definition) is 3. The predicted octanol–water partition coefficient (Wildman–Crippen LogP) is 1.54. The van der Waals surface area contributed by atoms with E-state index in [1.54, 1.807) is 12.1 Å². The zero-order valence-corrected chi connectivity index (χ0v) is 16.3. The maximum Gasteiger partial charge on any atom is 0.250 e. The monoisotopic (exact) mass is 396 g/mol. The van der Waals surface area contributed by atoms with E-state index in [0.29, 0.717) is 31.7 Å². The molecule has 0 aliphatic carbocycles. The Bertz CT molecular complexity index is 846. The van der Waals surface area contributed by atoms with Crippen molar-refractivity contribution < 1.29 is 19.4 Å². The third-order valence-corrected chi connectivity index (χ3v) is 4.85. The largest absolute Gasteiger partial charge is 0.396 e. The number of carbonyl (C=O) groups excluding carboxylic acids is 2. The van der Waals surface area contributed by atoms with Gasteiger partial charge in [0.2, 0.25) is 5.91 Å². The van der Waals surface area contributed by atoms with Gasteiger partial charge in [0.1, 0.15) is 0 Å². The molecule has 2 amide bonds.